The molecule has 152 valence electrons. The molecule has 2 amide bonds. The Labute approximate surface area is 171 Å². The van der Waals surface area contributed by atoms with Crippen molar-refractivity contribution in [2.45, 2.75) is 31.7 Å². The van der Waals surface area contributed by atoms with Crippen LogP contribution in [0.4, 0.5) is 5.69 Å². The molecule has 0 aromatic heterocycles. The van der Waals surface area contributed by atoms with Crippen LogP contribution in [-0.4, -0.2) is 43.0 Å². The van der Waals surface area contributed by atoms with E-state index in [1.807, 2.05) is 30.3 Å². The van der Waals surface area contributed by atoms with E-state index in [9.17, 15) is 9.59 Å². The number of carbonyl (C=O) groups excluding carboxylic acids is 2. The molecule has 4 rings (SSSR count). The van der Waals surface area contributed by atoms with E-state index in [1.54, 1.807) is 6.07 Å². The number of fused-ring (bicyclic) bond motifs is 1. The summed E-state index contributed by atoms with van der Waals surface area (Å²) in [6.45, 7) is 2.95. The molecule has 1 atom stereocenters. The average molecular weight is 393 g/mol. The maximum Gasteiger partial charge on any atom is 0.258 e. The van der Waals surface area contributed by atoms with Gasteiger partial charge in [-0.3, -0.25) is 9.59 Å². The van der Waals surface area contributed by atoms with Crippen molar-refractivity contribution >= 4 is 17.5 Å². The van der Waals surface area contributed by atoms with E-state index in [2.05, 4.69) is 27.7 Å². The first-order chi connectivity index (χ1) is 14.2. The van der Waals surface area contributed by atoms with Crippen LogP contribution < -0.4 is 15.4 Å². The topological polar surface area (TPSA) is 70.7 Å². The maximum atomic E-state index is 12.6. The SMILES string of the molecule is O=C1CCc2cc(OCC(=O)NC(CN3CCCC3)c3ccccc3)ccc2N1. The quantitative estimate of drug-likeness (QED) is 0.759. The molecule has 0 aliphatic carbocycles. The van der Waals surface area contributed by atoms with Crippen LogP contribution in [0.3, 0.4) is 0 Å². The number of carbonyl (C=O) groups is 2. The third kappa shape index (κ3) is 5.15. The third-order valence-corrected chi connectivity index (χ3v) is 5.52. The van der Waals surface area contributed by atoms with Crippen LogP contribution in [0.2, 0.25) is 0 Å². The van der Waals surface area contributed by atoms with Gasteiger partial charge in [0.15, 0.2) is 6.61 Å². The summed E-state index contributed by atoms with van der Waals surface area (Å²) in [7, 11) is 0. The summed E-state index contributed by atoms with van der Waals surface area (Å²) in [6, 6.07) is 15.6. The van der Waals surface area contributed by atoms with E-state index < -0.39 is 0 Å². The largest absolute Gasteiger partial charge is 0.484 e. The number of hydrogen-bond acceptors (Lipinski definition) is 4. The lowest BCUT2D eigenvalue weighted by Gasteiger charge is -2.25. The second-order valence-electron chi connectivity index (χ2n) is 7.69. The number of benzene rings is 2. The van der Waals surface area contributed by atoms with Crippen LogP contribution in [0.1, 0.15) is 36.4 Å². The molecule has 0 radical (unpaired) electrons. The molecule has 2 aromatic carbocycles. The molecule has 0 saturated carbocycles. The standard InChI is InChI=1S/C23H27N3O3/c27-22-11-8-18-14-19(9-10-20(18)24-22)29-16-23(28)25-21(15-26-12-4-5-13-26)17-6-2-1-3-7-17/h1-3,6-7,9-10,14,21H,4-5,8,11-13,15-16H2,(H,24,27)(H,25,28). The van der Waals surface area contributed by atoms with Crippen molar-refractivity contribution in [1.29, 1.82) is 0 Å². The van der Waals surface area contributed by atoms with Gasteiger partial charge in [0, 0.05) is 18.7 Å². The Balaban J connectivity index is 1.36. The van der Waals surface area contributed by atoms with E-state index in [4.69, 9.17) is 4.74 Å². The fraction of sp³-hybridized carbons (Fsp3) is 0.391. The number of ether oxygens (including phenoxy) is 1. The Bertz CT molecular complexity index is 863. The molecule has 0 bridgehead atoms. The summed E-state index contributed by atoms with van der Waals surface area (Å²) in [4.78, 5) is 26.5. The highest BCUT2D eigenvalue weighted by Crippen LogP contribution is 2.26. The van der Waals surface area contributed by atoms with E-state index >= 15 is 0 Å². The fourth-order valence-corrected chi connectivity index (χ4v) is 3.98. The number of anilines is 1. The van der Waals surface area contributed by atoms with Gasteiger partial charge in [-0.25, -0.2) is 0 Å². The molecule has 1 saturated heterocycles. The summed E-state index contributed by atoms with van der Waals surface area (Å²) in [5.74, 6) is 0.547. The molecule has 1 unspecified atom stereocenters. The third-order valence-electron chi connectivity index (χ3n) is 5.52. The van der Waals surface area contributed by atoms with Crippen molar-refractivity contribution in [2.24, 2.45) is 0 Å². The van der Waals surface area contributed by atoms with Crippen LogP contribution >= 0.6 is 0 Å². The van der Waals surface area contributed by atoms with E-state index in [0.717, 1.165) is 36.4 Å². The van der Waals surface area contributed by atoms with Gasteiger partial charge in [0.25, 0.3) is 5.91 Å². The molecule has 1 fully saturated rings. The van der Waals surface area contributed by atoms with Crippen molar-refractivity contribution < 1.29 is 14.3 Å². The predicted octanol–water partition coefficient (Wildman–Crippen LogP) is 2.90. The Morgan fingerprint density at radius 2 is 1.90 bits per heavy atom. The molecular weight excluding hydrogens is 366 g/mol. The highest BCUT2D eigenvalue weighted by molar-refractivity contribution is 5.94. The minimum atomic E-state index is -0.135. The molecule has 29 heavy (non-hydrogen) atoms. The van der Waals surface area contributed by atoms with E-state index in [1.165, 1.54) is 12.8 Å². The minimum absolute atomic E-state index is 0.0333. The molecule has 2 heterocycles. The smallest absolute Gasteiger partial charge is 0.258 e. The summed E-state index contributed by atoms with van der Waals surface area (Å²) < 4.78 is 5.73. The molecule has 6 nitrogen and oxygen atoms in total. The van der Waals surface area contributed by atoms with Crippen LogP contribution in [0.25, 0.3) is 0 Å². The van der Waals surface area contributed by atoms with Gasteiger partial charge in [-0.05, 0) is 61.7 Å². The van der Waals surface area contributed by atoms with Crippen molar-refractivity contribution in [2.75, 3.05) is 31.6 Å². The molecule has 2 aliphatic heterocycles. The number of amides is 2. The fourth-order valence-electron chi connectivity index (χ4n) is 3.98. The Morgan fingerprint density at radius 3 is 2.69 bits per heavy atom. The molecule has 6 heteroatoms. The van der Waals surface area contributed by atoms with Gasteiger partial charge >= 0.3 is 0 Å². The summed E-state index contributed by atoms with van der Waals surface area (Å²) >= 11 is 0. The number of nitrogens with zero attached hydrogens (tertiary/aromatic N) is 1. The van der Waals surface area contributed by atoms with Gasteiger partial charge in [-0.1, -0.05) is 30.3 Å². The number of aryl methyl sites for hydroxylation is 1. The zero-order valence-corrected chi connectivity index (χ0v) is 16.5. The van der Waals surface area contributed by atoms with Crippen molar-refractivity contribution in [3.05, 3.63) is 59.7 Å². The maximum absolute atomic E-state index is 12.6. The van der Waals surface area contributed by atoms with Gasteiger partial charge in [-0.2, -0.15) is 0 Å². The number of likely N-dealkylation sites (tertiary alicyclic amines) is 1. The van der Waals surface area contributed by atoms with Crippen molar-refractivity contribution in [1.82, 2.24) is 10.2 Å². The zero-order chi connectivity index (χ0) is 20.1. The highest BCUT2D eigenvalue weighted by atomic mass is 16.5. The lowest BCUT2D eigenvalue weighted by molar-refractivity contribution is -0.124. The Morgan fingerprint density at radius 1 is 1.10 bits per heavy atom. The molecular formula is C23H27N3O3. The highest BCUT2D eigenvalue weighted by Gasteiger charge is 2.21. The average Bonchev–Trinajstić information content (AvgIpc) is 3.25. The number of rotatable bonds is 7. The molecule has 2 N–H and O–H groups in total. The van der Waals surface area contributed by atoms with Crippen LogP contribution in [0, 0.1) is 0 Å². The second-order valence-corrected chi connectivity index (χ2v) is 7.69. The van der Waals surface area contributed by atoms with Gasteiger partial charge in [-0.15, -0.1) is 0 Å². The second kappa shape index (κ2) is 9.09. The van der Waals surface area contributed by atoms with Crippen LogP contribution in [0.5, 0.6) is 5.75 Å². The number of nitrogens with one attached hydrogen (secondary N) is 2. The zero-order valence-electron chi connectivity index (χ0n) is 16.5. The molecule has 2 aromatic rings. The molecule has 0 spiro atoms. The summed E-state index contributed by atoms with van der Waals surface area (Å²) in [5.41, 5.74) is 2.98. The lowest BCUT2D eigenvalue weighted by Crippen LogP contribution is -2.39. The first kappa shape index (κ1) is 19.5. The van der Waals surface area contributed by atoms with Gasteiger partial charge < -0.3 is 20.3 Å². The first-order valence-corrected chi connectivity index (χ1v) is 10.3. The van der Waals surface area contributed by atoms with Gasteiger partial charge in [0.1, 0.15) is 5.75 Å². The summed E-state index contributed by atoms with van der Waals surface area (Å²) in [5, 5.41) is 5.99. The first-order valence-electron chi connectivity index (χ1n) is 10.3. The number of hydrogen-bond donors (Lipinski definition) is 2. The van der Waals surface area contributed by atoms with Gasteiger partial charge in [0.2, 0.25) is 5.91 Å². The predicted molar refractivity (Wildman–Crippen MR) is 112 cm³/mol. The minimum Gasteiger partial charge on any atom is -0.484 e. The van der Waals surface area contributed by atoms with Crippen LogP contribution in [0.15, 0.2) is 48.5 Å². The Kier molecular flexibility index (Phi) is 6.10. The van der Waals surface area contributed by atoms with Crippen molar-refractivity contribution in [3.8, 4) is 5.75 Å². The Hall–Kier alpha value is -2.86. The van der Waals surface area contributed by atoms with Crippen molar-refractivity contribution in [3.63, 3.8) is 0 Å². The summed E-state index contributed by atoms with van der Waals surface area (Å²) in [6.07, 6.45) is 3.61. The molecule has 2 aliphatic rings. The van der Waals surface area contributed by atoms with Gasteiger partial charge in [0.05, 0.1) is 6.04 Å². The van der Waals surface area contributed by atoms with Crippen LogP contribution in [-0.2, 0) is 16.0 Å². The lowest BCUT2D eigenvalue weighted by atomic mass is 10.0. The normalized spacial score (nSPS) is 17.3. The van der Waals surface area contributed by atoms with E-state index in [0.29, 0.717) is 18.6 Å². The monoisotopic (exact) mass is 393 g/mol. The van der Waals surface area contributed by atoms with E-state index in [-0.39, 0.29) is 24.5 Å².